The molecular formula is C21H26N4O. The summed E-state index contributed by atoms with van der Waals surface area (Å²) in [5.41, 5.74) is 11.0. The zero-order valence-corrected chi connectivity index (χ0v) is 15.5. The number of nitrogens with zero attached hydrogens (tertiary/aromatic N) is 3. The Morgan fingerprint density at radius 3 is 2.77 bits per heavy atom. The van der Waals surface area contributed by atoms with Crippen molar-refractivity contribution in [1.82, 2.24) is 14.3 Å². The van der Waals surface area contributed by atoms with Crippen molar-refractivity contribution in [3.8, 4) is 17.0 Å². The fraction of sp³-hybridized carbons (Fsp3) is 0.381. The highest BCUT2D eigenvalue weighted by atomic mass is 16.5. The Hall–Kier alpha value is -2.53. The number of hydrogen-bond donors (Lipinski definition) is 1. The molecule has 1 aromatic carbocycles. The summed E-state index contributed by atoms with van der Waals surface area (Å²) in [7, 11) is 1.69. The van der Waals surface area contributed by atoms with Crippen molar-refractivity contribution in [2.45, 2.75) is 26.3 Å². The van der Waals surface area contributed by atoms with E-state index >= 15 is 0 Å². The molecule has 0 bridgehead atoms. The highest BCUT2D eigenvalue weighted by molar-refractivity contribution is 5.68. The first-order chi connectivity index (χ1) is 12.6. The highest BCUT2D eigenvalue weighted by Gasteiger charge is 2.21. The lowest BCUT2D eigenvalue weighted by atomic mass is 9.99. The second-order valence-electron chi connectivity index (χ2n) is 7.29. The van der Waals surface area contributed by atoms with Crippen LogP contribution in [0.1, 0.15) is 25.5 Å². The van der Waals surface area contributed by atoms with Crippen molar-refractivity contribution < 1.29 is 4.74 Å². The van der Waals surface area contributed by atoms with Gasteiger partial charge in [0.1, 0.15) is 11.4 Å². The highest BCUT2D eigenvalue weighted by Crippen LogP contribution is 2.30. The van der Waals surface area contributed by atoms with E-state index < -0.39 is 0 Å². The molecule has 0 radical (unpaired) electrons. The molecule has 0 atom stereocenters. The molecule has 1 saturated heterocycles. The Morgan fingerprint density at radius 2 is 2.00 bits per heavy atom. The molecule has 136 valence electrons. The van der Waals surface area contributed by atoms with Crippen LogP contribution in [0.3, 0.4) is 0 Å². The minimum absolute atomic E-state index is 0.751. The van der Waals surface area contributed by atoms with Gasteiger partial charge >= 0.3 is 0 Å². The van der Waals surface area contributed by atoms with E-state index in [1.165, 1.54) is 18.5 Å². The summed E-state index contributed by atoms with van der Waals surface area (Å²) in [6.07, 6.45) is 4.49. The van der Waals surface area contributed by atoms with Gasteiger partial charge in [0.05, 0.1) is 18.5 Å². The molecule has 1 aliphatic heterocycles. The van der Waals surface area contributed by atoms with Crippen LogP contribution < -0.4 is 10.5 Å². The first-order valence-corrected chi connectivity index (χ1v) is 9.27. The maximum atomic E-state index is 6.06. The van der Waals surface area contributed by atoms with E-state index in [0.717, 1.165) is 53.9 Å². The Bertz CT molecular complexity index is 910. The zero-order valence-electron chi connectivity index (χ0n) is 15.5. The standard InChI is InChI=1S/C21H26N4O/c1-15-8-10-24(11-9-15)14-19-21(16-4-3-5-18(12-16)26-2)23-20-7-6-17(22)13-25(19)20/h3-7,12-13,15H,8-11,14,22H2,1-2H3. The van der Waals surface area contributed by atoms with Crippen molar-refractivity contribution in [3.63, 3.8) is 0 Å². The summed E-state index contributed by atoms with van der Waals surface area (Å²) in [5.74, 6) is 1.67. The number of pyridine rings is 1. The molecule has 3 aromatic rings. The quantitative estimate of drug-likeness (QED) is 0.777. The molecule has 1 aliphatic rings. The van der Waals surface area contributed by atoms with E-state index in [-0.39, 0.29) is 0 Å². The molecule has 1 fully saturated rings. The number of nitrogen functional groups attached to an aromatic ring is 1. The lowest BCUT2D eigenvalue weighted by Crippen LogP contribution is -2.32. The van der Waals surface area contributed by atoms with Crippen LogP contribution in [-0.4, -0.2) is 34.5 Å². The zero-order chi connectivity index (χ0) is 18.1. The first-order valence-electron chi connectivity index (χ1n) is 9.27. The topological polar surface area (TPSA) is 55.8 Å². The van der Waals surface area contributed by atoms with E-state index in [1.807, 2.05) is 36.5 Å². The number of methoxy groups -OCH3 is 1. The van der Waals surface area contributed by atoms with Gasteiger partial charge in [-0.3, -0.25) is 4.90 Å². The van der Waals surface area contributed by atoms with Gasteiger partial charge in [-0.25, -0.2) is 4.98 Å². The first kappa shape index (κ1) is 16.9. The van der Waals surface area contributed by atoms with E-state index in [9.17, 15) is 0 Å². The van der Waals surface area contributed by atoms with Crippen molar-refractivity contribution >= 4 is 11.3 Å². The summed E-state index contributed by atoms with van der Waals surface area (Å²) in [5, 5.41) is 0. The van der Waals surface area contributed by atoms with Gasteiger partial charge < -0.3 is 14.9 Å². The normalized spacial score (nSPS) is 16.2. The molecule has 0 spiro atoms. The van der Waals surface area contributed by atoms with E-state index in [4.69, 9.17) is 15.5 Å². The van der Waals surface area contributed by atoms with Gasteiger partial charge in [-0.2, -0.15) is 0 Å². The van der Waals surface area contributed by atoms with Crippen molar-refractivity contribution in [2.75, 3.05) is 25.9 Å². The molecular weight excluding hydrogens is 324 g/mol. The summed E-state index contributed by atoms with van der Waals surface area (Å²) in [6, 6.07) is 12.0. The Balaban J connectivity index is 1.78. The largest absolute Gasteiger partial charge is 0.497 e. The number of anilines is 1. The molecule has 0 unspecified atom stereocenters. The van der Waals surface area contributed by atoms with E-state index in [2.05, 4.69) is 22.3 Å². The number of piperidine rings is 1. The van der Waals surface area contributed by atoms with Gasteiger partial charge in [-0.1, -0.05) is 19.1 Å². The van der Waals surface area contributed by atoms with Gasteiger partial charge in [0.15, 0.2) is 0 Å². The van der Waals surface area contributed by atoms with Crippen molar-refractivity contribution in [2.24, 2.45) is 5.92 Å². The summed E-state index contributed by atoms with van der Waals surface area (Å²) < 4.78 is 7.55. The second-order valence-corrected chi connectivity index (χ2v) is 7.29. The number of likely N-dealkylation sites (tertiary alicyclic amines) is 1. The van der Waals surface area contributed by atoms with Gasteiger partial charge in [0.25, 0.3) is 0 Å². The average molecular weight is 350 g/mol. The van der Waals surface area contributed by atoms with Crippen LogP contribution in [0.4, 0.5) is 5.69 Å². The predicted octanol–water partition coefficient (Wildman–Crippen LogP) is 3.82. The second kappa shape index (κ2) is 7.00. The van der Waals surface area contributed by atoms with Gasteiger partial charge in [0.2, 0.25) is 0 Å². The summed E-state index contributed by atoms with van der Waals surface area (Å²) in [4.78, 5) is 7.43. The smallest absolute Gasteiger partial charge is 0.137 e. The number of nitrogens with two attached hydrogens (primary N) is 1. The van der Waals surface area contributed by atoms with Crippen molar-refractivity contribution in [3.05, 3.63) is 48.3 Å². The van der Waals surface area contributed by atoms with Crippen LogP contribution >= 0.6 is 0 Å². The van der Waals surface area contributed by atoms with Crippen LogP contribution in [0.5, 0.6) is 5.75 Å². The SMILES string of the molecule is COc1cccc(-c2nc3ccc(N)cn3c2CN2CCC(C)CC2)c1. The Labute approximate surface area is 154 Å². The average Bonchev–Trinajstić information content (AvgIpc) is 3.01. The number of hydrogen-bond acceptors (Lipinski definition) is 4. The van der Waals surface area contributed by atoms with Crippen LogP contribution in [0.15, 0.2) is 42.6 Å². The fourth-order valence-electron chi connectivity index (χ4n) is 3.69. The number of benzene rings is 1. The molecule has 26 heavy (non-hydrogen) atoms. The molecule has 0 aliphatic carbocycles. The predicted molar refractivity (Wildman–Crippen MR) is 105 cm³/mol. The molecule has 2 N–H and O–H groups in total. The third-order valence-corrected chi connectivity index (χ3v) is 5.33. The van der Waals surface area contributed by atoms with Gasteiger partial charge in [0, 0.05) is 24.0 Å². The lowest BCUT2D eigenvalue weighted by molar-refractivity contribution is 0.183. The molecule has 5 nitrogen and oxygen atoms in total. The molecule has 3 heterocycles. The maximum absolute atomic E-state index is 6.06. The maximum Gasteiger partial charge on any atom is 0.137 e. The number of imidazole rings is 1. The summed E-state index contributed by atoms with van der Waals surface area (Å²) in [6.45, 7) is 5.49. The van der Waals surface area contributed by atoms with Crippen LogP contribution in [0, 0.1) is 5.92 Å². The summed E-state index contributed by atoms with van der Waals surface area (Å²) >= 11 is 0. The number of fused-ring (bicyclic) bond motifs is 1. The minimum atomic E-state index is 0.751. The minimum Gasteiger partial charge on any atom is -0.497 e. The molecule has 0 amide bonds. The Kier molecular flexibility index (Phi) is 4.55. The van der Waals surface area contributed by atoms with Gasteiger partial charge in [-0.05, 0) is 56.1 Å². The third kappa shape index (κ3) is 3.27. The molecule has 4 rings (SSSR count). The number of aromatic nitrogens is 2. The molecule has 0 saturated carbocycles. The monoisotopic (exact) mass is 350 g/mol. The number of ether oxygens (including phenoxy) is 1. The molecule has 2 aromatic heterocycles. The Morgan fingerprint density at radius 1 is 1.19 bits per heavy atom. The van der Waals surface area contributed by atoms with Crippen LogP contribution in [0.25, 0.3) is 16.9 Å². The number of rotatable bonds is 4. The third-order valence-electron chi connectivity index (χ3n) is 5.33. The fourth-order valence-corrected chi connectivity index (χ4v) is 3.69. The van der Waals surface area contributed by atoms with E-state index in [1.54, 1.807) is 7.11 Å². The van der Waals surface area contributed by atoms with Crippen LogP contribution in [-0.2, 0) is 6.54 Å². The van der Waals surface area contributed by atoms with Gasteiger partial charge in [-0.15, -0.1) is 0 Å². The van der Waals surface area contributed by atoms with Crippen molar-refractivity contribution in [1.29, 1.82) is 0 Å². The molecule has 5 heteroatoms. The van der Waals surface area contributed by atoms with E-state index in [0.29, 0.717) is 0 Å². The lowest BCUT2D eigenvalue weighted by Gasteiger charge is -2.30. The van der Waals surface area contributed by atoms with Crippen LogP contribution in [0.2, 0.25) is 0 Å².